The molecule has 3 rings (SSSR count). The zero-order valence-electron chi connectivity index (χ0n) is 12.2. The molecule has 114 valence electrons. The standard InChI is InChI=1S/C14H16N6OS/c1-9-17-12(19-10-2-4-21-5-3-10)6-13(18-9)20-14-16-8-11(7-15)22-14/h6,8,10H,2-5H2,1H3,(H2,16,17,18,19,20). The third kappa shape index (κ3) is 3.69. The van der Waals surface area contributed by atoms with Gasteiger partial charge in [-0.1, -0.05) is 11.3 Å². The first-order valence-corrected chi connectivity index (χ1v) is 7.87. The molecule has 0 amide bonds. The lowest BCUT2D eigenvalue weighted by molar-refractivity contribution is 0.0904. The summed E-state index contributed by atoms with van der Waals surface area (Å²) in [5.74, 6) is 2.14. The van der Waals surface area contributed by atoms with E-state index in [1.54, 1.807) is 6.20 Å². The second-order valence-corrected chi connectivity index (χ2v) is 6.01. The first-order chi connectivity index (χ1) is 10.7. The van der Waals surface area contributed by atoms with Crippen LogP contribution in [0.4, 0.5) is 16.8 Å². The normalized spacial score (nSPS) is 15.3. The van der Waals surface area contributed by atoms with Crippen LogP contribution in [0.3, 0.4) is 0 Å². The third-order valence-electron chi connectivity index (χ3n) is 3.26. The van der Waals surface area contributed by atoms with Crippen LogP contribution in [-0.2, 0) is 4.74 Å². The van der Waals surface area contributed by atoms with E-state index in [1.807, 2.05) is 13.0 Å². The Labute approximate surface area is 132 Å². The molecule has 2 aromatic heterocycles. The van der Waals surface area contributed by atoms with E-state index in [0.29, 0.717) is 27.7 Å². The fraction of sp³-hybridized carbons (Fsp3) is 0.429. The van der Waals surface area contributed by atoms with Crippen LogP contribution < -0.4 is 10.6 Å². The summed E-state index contributed by atoms with van der Waals surface area (Å²) >= 11 is 1.29. The maximum absolute atomic E-state index is 8.83. The molecule has 7 nitrogen and oxygen atoms in total. The van der Waals surface area contributed by atoms with E-state index >= 15 is 0 Å². The van der Waals surface area contributed by atoms with Crippen LogP contribution in [0.15, 0.2) is 12.3 Å². The van der Waals surface area contributed by atoms with Crippen LogP contribution in [0.1, 0.15) is 23.5 Å². The van der Waals surface area contributed by atoms with Crippen molar-refractivity contribution in [2.75, 3.05) is 23.8 Å². The van der Waals surface area contributed by atoms with Crippen LogP contribution in [0.5, 0.6) is 0 Å². The van der Waals surface area contributed by atoms with Gasteiger partial charge in [-0.25, -0.2) is 15.0 Å². The first kappa shape index (κ1) is 14.7. The Morgan fingerprint density at radius 1 is 1.32 bits per heavy atom. The van der Waals surface area contributed by atoms with Gasteiger partial charge in [0.05, 0.1) is 6.20 Å². The maximum atomic E-state index is 8.83. The minimum Gasteiger partial charge on any atom is -0.381 e. The highest BCUT2D eigenvalue weighted by Gasteiger charge is 2.14. The van der Waals surface area contributed by atoms with Crippen molar-refractivity contribution in [1.29, 1.82) is 5.26 Å². The molecule has 2 N–H and O–H groups in total. The van der Waals surface area contributed by atoms with Gasteiger partial charge in [0, 0.05) is 25.3 Å². The summed E-state index contributed by atoms with van der Waals surface area (Å²) in [4.78, 5) is 13.5. The number of aromatic nitrogens is 3. The summed E-state index contributed by atoms with van der Waals surface area (Å²) in [6.07, 6.45) is 3.50. The number of nitrogens with zero attached hydrogens (tertiary/aromatic N) is 4. The van der Waals surface area contributed by atoms with Crippen molar-refractivity contribution in [2.24, 2.45) is 0 Å². The predicted molar refractivity (Wildman–Crippen MR) is 84.3 cm³/mol. The van der Waals surface area contributed by atoms with E-state index in [1.165, 1.54) is 11.3 Å². The Bertz CT molecular complexity index is 689. The number of aryl methyl sites for hydroxylation is 1. The van der Waals surface area contributed by atoms with Gasteiger partial charge in [0.2, 0.25) is 0 Å². The van der Waals surface area contributed by atoms with Gasteiger partial charge in [-0.2, -0.15) is 5.26 Å². The number of hydrogen-bond donors (Lipinski definition) is 2. The Morgan fingerprint density at radius 2 is 2.09 bits per heavy atom. The predicted octanol–water partition coefficient (Wildman–Crippen LogP) is 2.45. The molecule has 8 heteroatoms. The van der Waals surface area contributed by atoms with Crippen LogP contribution in [0, 0.1) is 18.3 Å². The molecule has 0 aromatic carbocycles. The Morgan fingerprint density at radius 3 is 2.82 bits per heavy atom. The lowest BCUT2D eigenvalue weighted by Crippen LogP contribution is -2.28. The van der Waals surface area contributed by atoms with Gasteiger partial charge in [0.25, 0.3) is 0 Å². The number of rotatable bonds is 4. The molecule has 0 radical (unpaired) electrons. The third-order valence-corrected chi connectivity index (χ3v) is 4.08. The monoisotopic (exact) mass is 316 g/mol. The van der Waals surface area contributed by atoms with Gasteiger partial charge < -0.3 is 15.4 Å². The molecule has 0 bridgehead atoms. The Kier molecular flexibility index (Phi) is 4.46. The molecule has 0 saturated carbocycles. The molecule has 0 unspecified atom stereocenters. The van der Waals surface area contributed by atoms with Crippen LogP contribution in [-0.4, -0.2) is 34.2 Å². The minimum atomic E-state index is 0.376. The lowest BCUT2D eigenvalue weighted by atomic mass is 10.1. The van der Waals surface area contributed by atoms with E-state index in [9.17, 15) is 0 Å². The van der Waals surface area contributed by atoms with Crippen molar-refractivity contribution in [1.82, 2.24) is 15.0 Å². The second-order valence-electron chi connectivity index (χ2n) is 4.98. The van der Waals surface area contributed by atoms with Crippen molar-refractivity contribution >= 4 is 28.1 Å². The molecule has 2 aromatic rings. The van der Waals surface area contributed by atoms with Crippen LogP contribution >= 0.6 is 11.3 Å². The second kappa shape index (κ2) is 6.68. The van der Waals surface area contributed by atoms with E-state index in [-0.39, 0.29) is 0 Å². The van der Waals surface area contributed by atoms with Gasteiger partial charge in [-0.15, -0.1) is 0 Å². The number of thiazole rings is 1. The minimum absolute atomic E-state index is 0.376. The number of anilines is 3. The van der Waals surface area contributed by atoms with Gasteiger partial charge >= 0.3 is 0 Å². The van der Waals surface area contributed by atoms with Crippen molar-refractivity contribution < 1.29 is 4.74 Å². The highest BCUT2D eigenvalue weighted by Crippen LogP contribution is 2.23. The summed E-state index contributed by atoms with van der Waals surface area (Å²) in [6, 6.07) is 4.30. The van der Waals surface area contributed by atoms with Gasteiger partial charge in [-0.3, -0.25) is 0 Å². The summed E-state index contributed by atoms with van der Waals surface area (Å²) in [7, 11) is 0. The molecular formula is C14H16N6OS. The molecule has 1 fully saturated rings. The van der Waals surface area contributed by atoms with E-state index in [0.717, 1.165) is 31.9 Å². The SMILES string of the molecule is Cc1nc(Nc2ncc(C#N)s2)cc(NC2CCOCC2)n1. The number of ether oxygens (including phenoxy) is 1. The molecule has 0 atom stereocenters. The van der Waals surface area contributed by atoms with E-state index in [4.69, 9.17) is 10.00 Å². The number of hydrogen-bond acceptors (Lipinski definition) is 8. The van der Waals surface area contributed by atoms with Crippen LogP contribution in [0.2, 0.25) is 0 Å². The summed E-state index contributed by atoms with van der Waals surface area (Å²) in [5, 5.41) is 16.0. The zero-order valence-corrected chi connectivity index (χ0v) is 13.0. The summed E-state index contributed by atoms with van der Waals surface area (Å²) in [6.45, 7) is 3.41. The first-order valence-electron chi connectivity index (χ1n) is 7.06. The van der Waals surface area contributed by atoms with Crippen molar-refractivity contribution in [3.63, 3.8) is 0 Å². The lowest BCUT2D eigenvalue weighted by Gasteiger charge is -2.23. The quantitative estimate of drug-likeness (QED) is 0.894. The van der Waals surface area contributed by atoms with Gasteiger partial charge in [0.1, 0.15) is 28.4 Å². The van der Waals surface area contributed by atoms with Crippen molar-refractivity contribution in [3.8, 4) is 6.07 Å². The topological polar surface area (TPSA) is 95.8 Å². The number of nitriles is 1. The summed E-state index contributed by atoms with van der Waals surface area (Å²) in [5.41, 5.74) is 0. The van der Waals surface area contributed by atoms with Gasteiger partial charge in [0.15, 0.2) is 5.13 Å². The van der Waals surface area contributed by atoms with Crippen molar-refractivity contribution in [3.05, 3.63) is 23.0 Å². The molecule has 1 aliphatic rings. The average molecular weight is 316 g/mol. The Hall–Kier alpha value is -2.24. The fourth-order valence-corrected chi connectivity index (χ4v) is 2.87. The zero-order chi connectivity index (χ0) is 15.4. The number of nitrogens with one attached hydrogen (secondary N) is 2. The molecular weight excluding hydrogens is 300 g/mol. The van der Waals surface area contributed by atoms with E-state index < -0.39 is 0 Å². The molecule has 1 saturated heterocycles. The molecule has 0 spiro atoms. The average Bonchev–Trinajstić information content (AvgIpc) is 2.95. The largest absolute Gasteiger partial charge is 0.381 e. The molecule has 3 heterocycles. The van der Waals surface area contributed by atoms with E-state index in [2.05, 4.69) is 31.7 Å². The summed E-state index contributed by atoms with van der Waals surface area (Å²) < 4.78 is 5.36. The maximum Gasteiger partial charge on any atom is 0.189 e. The Balaban J connectivity index is 1.72. The molecule has 1 aliphatic heterocycles. The highest BCUT2D eigenvalue weighted by atomic mass is 32.1. The van der Waals surface area contributed by atoms with Gasteiger partial charge in [-0.05, 0) is 19.8 Å². The smallest absolute Gasteiger partial charge is 0.189 e. The highest BCUT2D eigenvalue weighted by molar-refractivity contribution is 7.16. The van der Waals surface area contributed by atoms with Crippen molar-refractivity contribution in [2.45, 2.75) is 25.8 Å². The van der Waals surface area contributed by atoms with Crippen LogP contribution in [0.25, 0.3) is 0 Å². The molecule has 0 aliphatic carbocycles. The molecule has 22 heavy (non-hydrogen) atoms. The fourth-order valence-electron chi connectivity index (χ4n) is 2.25.